The van der Waals surface area contributed by atoms with Crippen molar-refractivity contribution in [1.29, 1.82) is 0 Å². The minimum absolute atomic E-state index is 0.138. The number of nitrogens with zero attached hydrogens (tertiary/aromatic N) is 1. The highest BCUT2D eigenvalue weighted by Crippen LogP contribution is 2.34. The molecule has 1 aromatic carbocycles. The van der Waals surface area contributed by atoms with Crippen LogP contribution in [0, 0.1) is 11.7 Å². The molecule has 2 rings (SSSR count). The third-order valence-electron chi connectivity index (χ3n) is 3.67. The first kappa shape index (κ1) is 21.0. The first-order chi connectivity index (χ1) is 11.9. The first-order valence-electron chi connectivity index (χ1n) is 7.68. The molecule has 0 spiro atoms. The quantitative estimate of drug-likeness (QED) is 0.753. The number of rotatable bonds is 5. The van der Waals surface area contributed by atoms with Crippen LogP contribution in [0.3, 0.4) is 0 Å². The lowest BCUT2D eigenvalue weighted by atomic mass is 10.2. The van der Waals surface area contributed by atoms with E-state index in [1.54, 1.807) is 0 Å². The van der Waals surface area contributed by atoms with E-state index < -0.39 is 44.4 Å². The van der Waals surface area contributed by atoms with Crippen molar-refractivity contribution in [3.05, 3.63) is 29.6 Å². The number of thioether (sulfide) groups is 1. The van der Waals surface area contributed by atoms with Crippen LogP contribution in [0.25, 0.3) is 0 Å². The highest BCUT2D eigenvalue weighted by Gasteiger charge is 2.42. The number of alkyl halides is 3. The highest BCUT2D eigenvalue weighted by molar-refractivity contribution is 8.00. The van der Waals surface area contributed by atoms with Crippen molar-refractivity contribution in [1.82, 2.24) is 9.62 Å². The number of sulfonamides is 1. The Hall–Kier alpha value is -1.33. The van der Waals surface area contributed by atoms with Crippen molar-refractivity contribution in [2.75, 3.05) is 18.2 Å². The topological polar surface area (TPSA) is 66.5 Å². The lowest BCUT2D eigenvalue weighted by Gasteiger charge is -2.23. The van der Waals surface area contributed by atoms with Gasteiger partial charge in [-0.1, -0.05) is 13.8 Å². The maximum Gasteiger partial charge on any atom is 0.416 e. The number of carbonyl (C=O) groups excluding carboxylic acids is 1. The van der Waals surface area contributed by atoms with Gasteiger partial charge in [-0.05, 0) is 24.1 Å². The van der Waals surface area contributed by atoms with Gasteiger partial charge in [-0.15, -0.1) is 11.8 Å². The monoisotopic (exact) mass is 414 g/mol. The lowest BCUT2D eigenvalue weighted by Crippen LogP contribution is -2.48. The van der Waals surface area contributed by atoms with E-state index in [2.05, 4.69) is 5.32 Å². The molecule has 0 saturated carbocycles. The average Bonchev–Trinajstić information content (AvgIpc) is 3.02. The van der Waals surface area contributed by atoms with Crippen molar-refractivity contribution < 1.29 is 30.8 Å². The smallest absolute Gasteiger partial charge is 0.354 e. The molecule has 1 aliphatic heterocycles. The van der Waals surface area contributed by atoms with Gasteiger partial charge in [-0.25, -0.2) is 12.8 Å². The Labute approximate surface area is 153 Å². The van der Waals surface area contributed by atoms with Gasteiger partial charge < -0.3 is 5.32 Å². The van der Waals surface area contributed by atoms with E-state index in [0.29, 0.717) is 18.7 Å². The minimum atomic E-state index is -4.81. The summed E-state index contributed by atoms with van der Waals surface area (Å²) in [6.45, 7) is 4.04. The summed E-state index contributed by atoms with van der Waals surface area (Å²) in [7, 11) is -4.61. The molecule has 0 bridgehead atoms. The molecule has 1 amide bonds. The highest BCUT2D eigenvalue weighted by atomic mass is 32.2. The van der Waals surface area contributed by atoms with Crippen LogP contribution in [0.1, 0.15) is 19.4 Å². The fourth-order valence-corrected chi connectivity index (χ4v) is 5.54. The molecule has 1 fully saturated rings. The van der Waals surface area contributed by atoms with Gasteiger partial charge in [0.05, 0.1) is 11.4 Å². The average molecular weight is 414 g/mol. The van der Waals surface area contributed by atoms with Crippen molar-refractivity contribution in [2.24, 2.45) is 5.92 Å². The second kappa shape index (κ2) is 7.73. The van der Waals surface area contributed by atoms with Gasteiger partial charge in [0.15, 0.2) is 0 Å². The van der Waals surface area contributed by atoms with Crippen molar-refractivity contribution in [3.8, 4) is 0 Å². The number of hydrogen-bond acceptors (Lipinski definition) is 4. The Morgan fingerprint density at radius 3 is 2.62 bits per heavy atom. The molecule has 1 heterocycles. The molecule has 146 valence electrons. The summed E-state index contributed by atoms with van der Waals surface area (Å²) in [5, 5.41) is 2.60. The van der Waals surface area contributed by atoms with Crippen LogP contribution >= 0.6 is 11.8 Å². The van der Waals surface area contributed by atoms with Crippen LogP contribution in [-0.2, 0) is 21.0 Å². The summed E-state index contributed by atoms with van der Waals surface area (Å²) in [6, 6.07) is 0.0985. The molecule has 11 heteroatoms. The first-order valence-corrected chi connectivity index (χ1v) is 10.3. The Bertz CT molecular complexity index is 782. The third kappa shape index (κ3) is 4.49. The van der Waals surface area contributed by atoms with E-state index in [9.17, 15) is 30.8 Å². The van der Waals surface area contributed by atoms with Gasteiger partial charge in [0.25, 0.3) is 0 Å². The van der Waals surface area contributed by atoms with Crippen LogP contribution in [0.4, 0.5) is 17.6 Å². The fraction of sp³-hybridized carbons (Fsp3) is 0.533. The minimum Gasteiger partial charge on any atom is -0.354 e. The van der Waals surface area contributed by atoms with E-state index >= 15 is 0 Å². The zero-order valence-corrected chi connectivity index (χ0v) is 15.6. The third-order valence-corrected chi connectivity index (χ3v) is 6.72. The summed E-state index contributed by atoms with van der Waals surface area (Å²) < 4.78 is 78.7. The van der Waals surface area contributed by atoms with Gasteiger partial charge in [0.2, 0.25) is 15.9 Å². The number of benzene rings is 1. The predicted molar refractivity (Wildman–Crippen MR) is 89.4 cm³/mol. The maximum absolute atomic E-state index is 14.0. The van der Waals surface area contributed by atoms with E-state index in [1.807, 2.05) is 13.8 Å². The Kier molecular flexibility index (Phi) is 6.24. The zero-order chi connectivity index (χ0) is 19.7. The van der Waals surface area contributed by atoms with E-state index in [1.165, 1.54) is 0 Å². The Morgan fingerprint density at radius 2 is 2.04 bits per heavy atom. The molecule has 1 atom stereocenters. The molecule has 0 aliphatic carbocycles. The SMILES string of the molecule is CC(C)CNC(=O)C1CSCN1S(=O)(=O)c1cc(C(F)(F)F)ccc1F. The molecule has 26 heavy (non-hydrogen) atoms. The second-order valence-corrected chi connectivity index (χ2v) is 9.05. The molecule has 1 unspecified atom stereocenters. The lowest BCUT2D eigenvalue weighted by molar-refractivity contribution is -0.137. The number of nitrogens with one attached hydrogen (secondary N) is 1. The normalized spacial score (nSPS) is 19.1. The Balaban J connectivity index is 2.36. The molecule has 1 saturated heterocycles. The van der Waals surface area contributed by atoms with Crippen molar-refractivity contribution >= 4 is 27.7 Å². The van der Waals surface area contributed by atoms with Gasteiger partial charge in [-0.3, -0.25) is 4.79 Å². The summed E-state index contributed by atoms with van der Waals surface area (Å²) in [6.07, 6.45) is -4.81. The number of carbonyl (C=O) groups is 1. The number of hydrogen-bond donors (Lipinski definition) is 1. The largest absolute Gasteiger partial charge is 0.416 e. The van der Waals surface area contributed by atoms with Crippen LogP contribution in [0.2, 0.25) is 0 Å². The molecular weight excluding hydrogens is 396 g/mol. The van der Waals surface area contributed by atoms with Crippen LogP contribution in [0.15, 0.2) is 23.1 Å². The molecule has 0 radical (unpaired) electrons. The summed E-state index contributed by atoms with van der Waals surface area (Å²) in [5.41, 5.74) is -1.27. The zero-order valence-electron chi connectivity index (χ0n) is 14.0. The van der Waals surface area contributed by atoms with E-state index in [4.69, 9.17) is 0 Å². The van der Waals surface area contributed by atoms with E-state index in [0.717, 1.165) is 16.1 Å². The fourth-order valence-electron chi connectivity index (χ4n) is 2.30. The molecular formula is C15H18F4N2O3S2. The van der Waals surface area contributed by atoms with Crippen LogP contribution in [-0.4, -0.2) is 42.8 Å². The molecule has 1 aromatic rings. The van der Waals surface area contributed by atoms with Gasteiger partial charge in [0.1, 0.15) is 16.8 Å². The maximum atomic E-state index is 14.0. The second-order valence-electron chi connectivity index (χ2n) is 6.19. The van der Waals surface area contributed by atoms with Gasteiger partial charge in [-0.2, -0.15) is 17.5 Å². The molecule has 0 aromatic heterocycles. The van der Waals surface area contributed by atoms with E-state index in [-0.39, 0.29) is 23.6 Å². The van der Waals surface area contributed by atoms with Crippen molar-refractivity contribution in [3.63, 3.8) is 0 Å². The van der Waals surface area contributed by atoms with Crippen LogP contribution in [0.5, 0.6) is 0 Å². The number of halogens is 4. The number of amides is 1. The summed E-state index contributed by atoms with van der Waals surface area (Å²) >= 11 is 1.13. The van der Waals surface area contributed by atoms with Gasteiger partial charge in [0, 0.05) is 12.3 Å². The summed E-state index contributed by atoms with van der Waals surface area (Å²) in [4.78, 5) is 11.2. The summed E-state index contributed by atoms with van der Waals surface area (Å²) in [5.74, 6) is -1.71. The van der Waals surface area contributed by atoms with Crippen molar-refractivity contribution in [2.45, 2.75) is 31.0 Å². The van der Waals surface area contributed by atoms with Crippen LogP contribution < -0.4 is 5.32 Å². The molecule has 1 aliphatic rings. The molecule has 1 N–H and O–H groups in total. The molecule has 5 nitrogen and oxygen atoms in total. The predicted octanol–water partition coefficient (Wildman–Crippen LogP) is 2.68. The standard InChI is InChI=1S/C15H18F4N2O3S2/c1-9(2)6-20-14(22)12-7-25-8-21(12)26(23,24)13-5-10(15(17,18)19)3-4-11(13)16/h3-5,9,12H,6-8H2,1-2H3,(H,20,22). The van der Waals surface area contributed by atoms with Gasteiger partial charge >= 0.3 is 6.18 Å². The Morgan fingerprint density at radius 1 is 1.38 bits per heavy atom.